The molecule has 0 aromatic heterocycles. The number of carbonyl (C=O) groups is 2. The van der Waals surface area contributed by atoms with Crippen molar-refractivity contribution in [1.82, 2.24) is 4.90 Å². The highest BCUT2D eigenvalue weighted by Crippen LogP contribution is 2.34. The molecule has 0 spiro atoms. The van der Waals surface area contributed by atoms with Gasteiger partial charge in [0.1, 0.15) is 0 Å². The van der Waals surface area contributed by atoms with E-state index in [2.05, 4.69) is 0 Å². The van der Waals surface area contributed by atoms with Crippen LogP contribution in [0, 0.1) is 5.92 Å². The number of benzene rings is 1. The second-order valence-corrected chi connectivity index (χ2v) is 6.04. The summed E-state index contributed by atoms with van der Waals surface area (Å²) in [5.41, 5.74) is 0.916. The molecule has 4 heteroatoms. The fraction of sp³-hybridized carbons (Fsp3) is 0.529. The van der Waals surface area contributed by atoms with Gasteiger partial charge in [0, 0.05) is 0 Å². The number of amides is 2. The molecular formula is C17H21NO3. The number of nitrogens with zero attached hydrogens (tertiary/aromatic N) is 1. The smallest absolute Gasteiger partial charge is 0.261 e. The van der Waals surface area contributed by atoms with Crippen LogP contribution in [0.3, 0.4) is 0 Å². The molecule has 0 radical (unpaired) electrons. The molecule has 0 unspecified atom stereocenters. The number of aliphatic hydroxyl groups excluding tert-OH is 1. The van der Waals surface area contributed by atoms with E-state index in [0.717, 1.165) is 25.7 Å². The van der Waals surface area contributed by atoms with Crippen molar-refractivity contribution in [3.8, 4) is 0 Å². The molecule has 1 aromatic rings. The van der Waals surface area contributed by atoms with Crippen LogP contribution in [-0.4, -0.2) is 34.0 Å². The molecule has 1 N–H and O–H groups in total. The number of rotatable bonds is 4. The minimum absolute atomic E-state index is 0.208. The lowest BCUT2D eigenvalue weighted by atomic mass is 9.92. The Bertz CT molecular complexity index is 528. The number of hydrogen-bond acceptors (Lipinski definition) is 3. The molecule has 1 heterocycles. The van der Waals surface area contributed by atoms with Crippen molar-refractivity contribution < 1.29 is 14.7 Å². The minimum atomic E-state index is -0.611. The predicted octanol–water partition coefficient (Wildman–Crippen LogP) is 2.61. The van der Waals surface area contributed by atoms with Gasteiger partial charge in [0.2, 0.25) is 0 Å². The van der Waals surface area contributed by atoms with E-state index in [4.69, 9.17) is 0 Å². The molecule has 2 atom stereocenters. The molecule has 0 saturated heterocycles. The zero-order chi connectivity index (χ0) is 15.0. The van der Waals surface area contributed by atoms with Gasteiger partial charge in [0.05, 0.1) is 23.3 Å². The molecule has 3 rings (SSSR count). The summed E-state index contributed by atoms with van der Waals surface area (Å²) < 4.78 is 0. The quantitative estimate of drug-likeness (QED) is 0.866. The zero-order valence-corrected chi connectivity index (χ0v) is 12.3. The third-order valence-electron chi connectivity index (χ3n) is 4.85. The van der Waals surface area contributed by atoms with Crippen LogP contribution in [0.4, 0.5) is 0 Å². The van der Waals surface area contributed by atoms with Gasteiger partial charge in [-0.2, -0.15) is 0 Å². The lowest BCUT2D eigenvalue weighted by Crippen LogP contribution is -2.48. The zero-order valence-electron chi connectivity index (χ0n) is 12.3. The molecule has 21 heavy (non-hydrogen) atoms. The fourth-order valence-corrected chi connectivity index (χ4v) is 3.70. The molecule has 2 aliphatic rings. The maximum Gasteiger partial charge on any atom is 0.261 e. The van der Waals surface area contributed by atoms with E-state index in [1.54, 1.807) is 24.3 Å². The Morgan fingerprint density at radius 2 is 1.67 bits per heavy atom. The Hall–Kier alpha value is -1.68. The van der Waals surface area contributed by atoms with Crippen LogP contribution in [0.2, 0.25) is 0 Å². The van der Waals surface area contributed by atoms with Gasteiger partial charge in [-0.3, -0.25) is 14.5 Å². The van der Waals surface area contributed by atoms with Crippen LogP contribution in [0.15, 0.2) is 24.3 Å². The molecule has 1 saturated carbocycles. The summed E-state index contributed by atoms with van der Waals surface area (Å²) in [4.78, 5) is 26.3. The molecule has 4 nitrogen and oxygen atoms in total. The third kappa shape index (κ3) is 2.27. The Morgan fingerprint density at radius 3 is 2.14 bits per heavy atom. The first-order chi connectivity index (χ1) is 10.1. The summed E-state index contributed by atoms with van der Waals surface area (Å²) in [7, 11) is 0. The Morgan fingerprint density at radius 1 is 1.14 bits per heavy atom. The molecule has 2 amide bonds. The summed E-state index contributed by atoms with van der Waals surface area (Å²) in [5, 5.41) is 10.6. The Labute approximate surface area is 124 Å². The highest BCUT2D eigenvalue weighted by molar-refractivity contribution is 6.21. The number of fused-ring (bicyclic) bond motifs is 1. The van der Waals surface area contributed by atoms with E-state index in [-0.39, 0.29) is 17.7 Å². The monoisotopic (exact) mass is 287 g/mol. The maximum absolute atomic E-state index is 12.5. The summed E-state index contributed by atoms with van der Waals surface area (Å²) in [6.07, 6.45) is 4.20. The van der Waals surface area contributed by atoms with Crippen molar-refractivity contribution in [2.45, 2.75) is 51.2 Å². The second-order valence-electron chi connectivity index (χ2n) is 6.04. The number of aliphatic hydroxyl groups is 1. The molecule has 0 bridgehead atoms. The van der Waals surface area contributed by atoms with Gasteiger partial charge in [0.15, 0.2) is 0 Å². The van der Waals surface area contributed by atoms with Gasteiger partial charge in [-0.05, 0) is 37.3 Å². The van der Waals surface area contributed by atoms with Crippen molar-refractivity contribution in [3.63, 3.8) is 0 Å². The SMILES string of the molecule is CC[C@H]([C@@H](O)C1CCCC1)N1C(=O)c2ccccc2C1=O. The van der Waals surface area contributed by atoms with E-state index in [0.29, 0.717) is 17.5 Å². The molecule has 1 aliphatic heterocycles. The first-order valence-electron chi connectivity index (χ1n) is 7.80. The van der Waals surface area contributed by atoms with Crippen LogP contribution in [0.25, 0.3) is 0 Å². The van der Waals surface area contributed by atoms with Crippen LogP contribution >= 0.6 is 0 Å². The van der Waals surface area contributed by atoms with E-state index in [9.17, 15) is 14.7 Å². The van der Waals surface area contributed by atoms with Gasteiger partial charge in [-0.25, -0.2) is 0 Å². The van der Waals surface area contributed by atoms with E-state index < -0.39 is 12.1 Å². The Kier molecular flexibility index (Phi) is 3.81. The van der Waals surface area contributed by atoms with Gasteiger partial charge in [-0.15, -0.1) is 0 Å². The van der Waals surface area contributed by atoms with Crippen molar-refractivity contribution in [1.29, 1.82) is 0 Å². The second kappa shape index (κ2) is 5.60. The van der Waals surface area contributed by atoms with Gasteiger partial charge in [-0.1, -0.05) is 31.9 Å². The summed E-state index contributed by atoms with van der Waals surface area (Å²) in [5.74, 6) is -0.321. The molecule has 1 aromatic carbocycles. The topological polar surface area (TPSA) is 57.6 Å². The first kappa shape index (κ1) is 14.3. The van der Waals surface area contributed by atoms with E-state index in [1.807, 2.05) is 6.92 Å². The van der Waals surface area contributed by atoms with Crippen LogP contribution in [-0.2, 0) is 0 Å². The normalized spacial score (nSPS) is 21.7. The van der Waals surface area contributed by atoms with Crippen LogP contribution in [0.5, 0.6) is 0 Å². The minimum Gasteiger partial charge on any atom is -0.391 e. The Balaban J connectivity index is 1.88. The van der Waals surface area contributed by atoms with Crippen molar-refractivity contribution in [3.05, 3.63) is 35.4 Å². The summed E-state index contributed by atoms with van der Waals surface area (Å²) in [6, 6.07) is 6.48. The first-order valence-corrected chi connectivity index (χ1v) is 7.80. The van der Waals surface area contributed by atoms with Crippen molar-refractivity contribution in [2.24, 2.45) is 5.92 Å². The largest absolute Gasteiger partial charge is 0.391 e. The number of carbonyl (C=O) groups excluding carboxylic acids is 2. The van der Waals surface area contributed by atoms with E-state index in [1.165, 1.54) is 4.90 Å². The van der Waals surface area contributed by atoms with Crippen molar-refractivity contribution in [2.75, 3.05) is 0 Å². The highest BCUT2D eigenvalue weighted by Gasteiger charge is 2.43. The summed E-state index contributed by atoms with van der Waals surface area (Å²) in [6.45, 7) is 1.92. The summed E-state index contributed by atoms with van der Waals surface area (Å²) >= 11 is 0. The lowest BCUT2D eigenvalue weighted by molar-refractivity contribution is 0.0138. The molecule has 1 aliphatic carbocycles. The molecule has 1 fully saturated rings. The van der Waals surface area contributed by atoms with Crippen molar-refractivity contribution >= 4 is 11.8 Å². The van der Waals surface area contributed by atoms with Gasteiger partial charge in [0.25, 0.3) is 11.8 Å². The average molecular weight is 287 g/mol. The van der Waals surface area contributed by atoms with E-state index >= 15 is 0 Å². The lowest BCUT2D eigenvalue weighted by Gasteiger charge is -2.32. The highest BCUT2D eigenvalue weighted by atomic mass is 16.3. The fourth-order valence-electron chi connectivity index (χ4n) is 3.70. The average Bonchev–Trinajstić information content (AvgIpc) is 3.11. The molecular weight excluding hydrogens is 266 g/mol. The standard InChI is InChI=1S/C17H21NO3/c1-2-14(15(19)11-7-3-4-8-11)18-16(20)12-9-5-6-10-13(12)17(18)21/h5-6,9-11,14-15,19H,2-4,7-8H2,1H3/t14-,15+/m1/s1. The predicted molar refractivity (Wildman–Crippen MR) is 79.0 cm³/mol. The number of hydrogen-bond donors (Lipinski definition) is 1. The maximum atomic E-state index is 12.5. The molecule has 112 valence electrons. The number of imide groups is 1. The van der Waals surface area contributed by atoms with Crippen LogP contribution < -0.4 is 0 Å². The van der Waals surface area contributed by atoms with Crippen LogP contribution in [0.1, 0.15) is 59.7 Å². The van der Waals surface area contributed by atoms with Gasteiger partial charge >= 0.3 is 0 Å². The third-order valence-corrected chi connectivity index (χ3v) is 4.85. The van der Waals surface area contributed by atoms with Gasteiger partial charge < -0.3 is 5.11 Å².